The first-order valence-electron chi connectivity index (χ1n) is 8.71. The Morgan fingerprint density at radius 3 is 2.74 bits per heavy atom. The average Bonchev–Trinajstić information content (AvgIpc) is 3.16. The maximum atomic E-state index is 14.6. The number of halogens is 1. The fourth-order valence-corrected chi connectivity index (χ4v) is 3.33. The summed E-state index contributed by atoms with van der Waals surface area (Å²) in [5.41, 5.74) is 4.71. The van der Waals surface area contributed by atoms with Crippen molar-refractivity contribution in [1.29, 1.82) is 0 Å². The van der Waals surface area contributed by atoms with Crippen molar-refractivity contribution in [2.45, 2.75) is 6.42 Å². The average molecular weight is 354 g/mol. The van der Waals surface area contributed by atoms with Gasteiger partial charge in [0.25, 0.3) is 0 Å². The van der Waals surface area contributed by atoms with E-state index >= 15 is 0 Å². The van der Waals surface area contributed by atoms with Gasteiger partial charge in [-0.05, 0) is 53.9 Å². The van der Waals surface area contributed by atoms with Gasteiger partial charge in [-0.25, -0.2) is 14.4 Å². The van der Waals surface area contributed by atoms with Crippen LogP contribution in [0.2, 0.25) is 0 Å². The van der Waals surface area contributed by atoms with Crippen LogP contribution < -0.4 is 5.32 Å². The minimum atomic E-state index is -0.350. The van der Waals surface area contributed by atoms with Gasteiger partial charge in [0.2, 0.25) is 0 Å². The van der Waals surface area contributed by atoms with E-state index in [1.54, 1.807) is 24.5 Å². The molecule has 1 aliphatic rings. The Balaban J connectivity index is 1.66. The highest BCUT2D eigenvalue weighted by Crippen LogP contribution is 2.30. The quantitative estimate of drug-likeness (QED) is 0.553. The van der Waals surface area contributed by atoms with Crippen molar-refractivity contribution in [2.24, 2.45) is 0 Å². The molecule has 0 amide bonds. The van der Waals surface area contributed by atoms with E-state index in [4.69, 9.17) is 0 Å². The van der Waals surface area contributed by atoms with E-state index in [0.717, 1.165) is 17.7 Å². The molecule has 0 fully saturated rings. The predicted octanol–water partition coefficient (Wildman–Crippen LogP) is 5.14. The van der Waals surface area contributed by atoms with Crippen molar-refractivity contribution >= 4 is 28.5 Å². The molecule has 5 heteroatoms. The maximum Gasteiger partial charge on any atom is 0.162 e. The van der Waals surface area contributed by atoms with E-state index in [1.807, 2.05) is 18.2 Å². The highest BCUT2D eigenvalue weighted by molar-refractivity contribution is 5.93. The summed E-state index contributed by atoms with van der Waals surface area (Å²) in [6, 6.07) is 14.7. The molecule has 0 bridgehead atoms. The lowest BCUT2D eigenvalue weighted by molar-refractivity contribution is 0.639. The van der Waals surface area contributed by atoms with E-state index < -0.39 is 0 Å². The van der Waals surface area contributed by atoms with Crippen molar-refractivity contribution < 1.29 is 4.39 Å². The highest BCUT2D eigenvalue weighted by Gasteiger charge is 2.14. The molecule has 0 unspecified atom stereocenters. The Kier molecular flexibility index (Phi) is 3.64. The number of hydrogen-bond donors (Lipinski definition) is 1. The Morgan fingerprint density at radius 2 is 1.85 bits per heavy atom. The first kappa shape index (κ1) is 15.6. The summed E-state index contributed by atoms with van der Waals surface area (Å²) in [6.45, 7) is 0. The molecule has 130 valence electrons. The molecule has 0 aliphatic heterocycles. The first-order chi connectivity index (χ1) is 13.3. The van der Waals surface area contributed by atoms with Crippen LogP contribution in [0.1, 0.15) is 11.1 Å². The van der Waals surface area contributed by atoms with Crippen LogP contribution in [0, 0.1) is 5.82 Å². The summed E-state index contributed by atoms with van der Waals surface area (Å²) in [5.74, 6) is 0.628. The topological polar surface area (TPSA) is 50.7 Å². The van der Waals surface area contributed by atoms with Crippen LogP contribution in [0.3, 0.4) is 0 Å². The van der Waals surface area contributed by atoms with Gasteiger partial charge in [-0.1, -0.05) is 24.3 Å². The molecule has 0 saturated carbocycles. The number of aromatic nitrogens is 3. The first-order valence-corrected chi connectivity index (χ1v) is 8.71. The standard InChI is InChI=1S/C22H15FN4/c23-18-5-2-6-19-20(18)22(27-21(26-19)15-9-11-24-12-10-15)25-17-8-7-14-3-1-4-16(14)13-17/h1-2,4-13H,3H2,(H,25,26,27). The number of nitrogens with one attached hydrogen (secondary N) is 1. The molecule has 1 N–H and O–H groups in total. The van der Waals surface area contributed by atoms with Crippen LogP contribution in [0.5, 0.6) is 0 Å². The normalized spacial score (nSPS) is 12.3. The number of benzene rings is 2. The minimum absolute atomic E-state index is 0.350. The lowest BCUT2D eigenvalue weighted by Gasteiger charge is -2.12. The van der Waals surface area contributed by atoms with Crippen LogP contribution in [-0.4, -0.2) is 15.0 Å². The Hall–Kier alpha value is -3.60. The molecule has 5 rings (SSSR count). The SMILES string of the molecule is Fc1cccc2nc(-c3ccncc3)nc(Nc3ccc4c(c3)C=CC4)c12. The number of rotatable bonds is 3. The molecular weight excluding hydrogens is 339 g/mol. The molecule has 0 spiro atoms. The van der Waals surface area contributed by atoms with Gasteiger partial charge in [0.05, 0.1) is 10.9 Å². The van der Waals surface area contributed by atoms with E-state index in [2.05, 4.69) is 44.6 Å². The zero-order valence-electron chi connectivity index (χ0n) is 14.4. The molecule has 4 aromatic rings. The Bertz CT molecular complexity index is 1190. The molecule has 0 radical (unpaired) electrons. The van der Waals surface area contributed by atoms with Gasteiger partial charge in [-0.2, -0.15) is 0 Å². The summed E-state index contributed by atoms with van der Waals surface area (Å²) < 4.78 is 14.6. The van der Waals surface area contributed by atoms with Gasteiger partial charge >= 0.3 is 0 Å². The zero-order chi connectivity index (χ0) is 18.2. The van der Waals surface area contributed by atoms with E-state index in [-0.39, 0.29) is 5.82 Å². The Labute approximate surface area is 155 Å². The number of hydrogen-bond acceptors (Lipinski definition) is 4. The van der Waals surface area contributed by atoms with Crippen LogP contribution in [0.25, 0.3) is 28.4 Å². The third-order valence-corrected chi connectivity index (χ3v) is 4.65. The van der Waals surface area contributed by atoms with Crippen molar-refractivity contribution in [3.63, 3.8) is 0 Å². The van der Waals surface area contributed by atoms with Gasteiger partial charge < -0.3 is 5.32 Å². The van der Waals surface area contributed by atoms with Crippen molar-refractivity contribution in [3.8, 4) is 11.4 Å². The fourth-order valence-electron chi connectivity index (χ4n) is 3.33. The van der Waals surface area contributed by atoms with E-state index in [1.165, 1.54) is 17.2 Å². The van der Waals surface area contributed by atoms with Crippen molar-refractivity contribution in [1.82, 2.24) is 15.0 Å². The molecule has 27 heavy (non-hydrogen) atoms. The molecule has 4 nitrogen and oxygen atoms in total. The number of fused-ring (bicyclic) bond motifs is 2. The van der Waals surface area contributed by atoms with Crippen LogP contribution in [0.15, 0.2) is 67.0 Å². The number of pyridine rings is 1. The molecule has 1 aliphatic carbocycles. The molecular formula is C22H15FN4. The van der Waals surface area contributed by atoms with E-state index in [9.17, 15) is 4.39 Å². The minimum Gasteiger partial charge on any atom is -0.339 e. The van der Waals surface area contributed by atoms with Crippen molar-refractivity contribution in [2.75, 3.05) is 5.32 Å². The predicted molar refractivity (Wildman–Crippen MR) is 105 cm³/mol. The molecule has 0 saturated heterocycles. The van der Waals surface area contributed by atoms with Gasteiger partial charge in [-0.3, -0.25) is 4.98 Å². The second-order valence-corrected chi connectivity index (χ2v) is 6.41. The van der Waals surface area contributed by atoms with Gasteiger partial charge in [-0.15, -0.1) is 0 Å². The monoisotopic (exact) mass is 354 g/mol. The molecule has 2 aromatic heterocycles. The van der Waals surface area contributed by atoms with Gasteiger partial charge in [0.1, 0.15) is 11.6 Å². The number of allylic oxidation sites excluding steroid dienone is 1. The largest absolute Gasteiger partial charge is 0.339 e. The van der Waals surface area contributed by atoms with Crippen molar-refractivity contribution in [3.05, 3.63) is 83.9 Å². The number of anilines is 2. The Morgan fingerprint density at radius 1 is 0.963 bits per heavy atom. The molecule has 0 atom stereocenters. The zero-order valence-corrected chi connectivity index (χ0v) is 14.4. The maximum absolute atomic E-state index is 14.6. The summed E-state index contributed by atoms with van der Waals surface area (Å²) in [7, 11) is 0. The van der Waals surface area contributed by atoms with Crippen LogP contribution in [0.4, 0.5) is 15.9 Å². The van der Waals surface area contributed by atoms with Gasteiger partial charge in [0, 0.05) is 23.6 Å². The third kappa shape index (κ3) is 2.83. The summed E-state index contributed by atoms with van der Waals surface area (Å²) in [6.07, 6.45) is 8.56. The summed E-state index contributed by atoms with van der Waals surface area (Å²) in [5, 5.41) is 3.67. The van der Waals surface area contributed by atoms with E-state index in [0.29, 0.717) is 22.5 Å². The fraction of sp³-hybridized carbons (Fsp3) is 0.0455. The lowest BCUT2D eigenvalue weighted by atomic mass is 10.1. The number of nitrogens with zero attached hydrogens (tertiary/aromatic N) is 3. The summed E-state index contributed by atoms with van der Waals surface area (Å²) >= 11 is 0. The third-order valence-electron chi connectivity index (χ3n) is 4.65. The van der Waals surface area contributed by atoms with Crippen LogP contribution in [-0.2, 0) is 6.42 Å². The lowest BCUT2D eigenvalue weighted by Crippen LogP contribution is -2.01. The second kappa shape index (κ2) is 6.29. The molecule has 2 aromatic carbocycles. The summed E-state index contributed by atoms with van der Waals surface area (Å²) in [4.78, 5) is 13.2. The smallest absolute Gasteiger partial charge is 0.162 e. The second-order valence-electron chi connectivity index (χ2n) is 6.41. The highest BCUT2D eigenvalue weighted by atomic mass is 19.1. The van der Waals surface area contributed by atoms with Gasteiger partial charge in [0.15, 0.2) is 5.82 Å². The molecule has 2 heterocycles. The van der Waals surface area contributed by atoms with Crippen LogP contribution >= 0.6 is 0 Å².